The zero-order chi connectivity index (χ0) is 10.9. The summed E-state index contributed by atoms with van der Waals surface area (Å²) in [6, 6.07) is 0. The van der Waals surface area contributed by atoms with Crippen molar-refractivity contribution in [2.45, 2.75) is 30.8 Å². The molecule has 4 N–H and O–H groups in total. The molecule has 1 rings (SSSR count). The van der Waals surface area contributed by atoms with Crippen LogP contribution in [0, 0.1) is 0 Å². The average Bonchev–Trinajstić information content (AvgIpc) is 2.14. The van der Waals surface area contributed by atoms with Crippen LogP contribution in [0.15, 0.2) is 0 Å². The van der Waals surface area contributed by atoms with Crippen molar-refractivity contribution in [1.29, 1.82) is 0 Å². The third-order valence-electron chi connectivity index (χ3n) is 2.50. The van der Waals surface area contributed by atoms with Gasteiger partial charge in [0, 0.05) is 0 Å². The molecule has 1 heterocycles. The van der Waals surface area contributed by atoms with E-state index in [1.165, 1.54) is 0 Å². The molecule has 0 aromatic rings. The highest BCUT2D eigenvalue weighted by atomic mass is 16.5. The van der Waals surface area contributed by atoms with Gasteiger partial charge < -0.3 is 25.2 Å². The van der Waals surface area contributed by atoms with Crippen LogP contribution < -0.4 is 0 Å². The van der Waals surface area contributed by atoms with Gasteiger partial charge in [0.1, 0.15) is 18.3 Å². The lowest BCUT2D eigenvalue weighted by atomic mass is 9.85. The number of ketones is 1. The Bertz CT molecular complexity index is 230. The topological polar surface area (TPSA) is 107 Å². The number of ether oxygens (including phenoxy) is 1. The van der Waals surface area contributed by atoms with E-state index < -0.39 is 42.9 Å². The normalized spacial score (nSPS) is 43.6. The number of carbonyl (C=O) groups is 1. The summed E-state index contributed by atoms with van der Waals surface area (Å²) < 4.78 is 4.86. The Balaban J connectivity index is 2.83. The largest absolute Gasteiger partial charge is 0.394 e. The maximum atomic E-state index is 11.0. The molecule has 0 aliphatic carbocycles. The average molecular weight is 206 g/mol. The summed E-state index contributed by atoms with van der Waals surface area (Å²) in [7, 11) is 0. The van der Waals surface area contributed by atoms with E-state index in [-0.39, 0.29) is 0 Å². The Morgan fingerprint density at radius 1 is 1.57 bits per heavy atom. The van der Waals surface area contributed by atoms with Crippen LogP contribution >= 0.6 is 0 Å². The fraction of sp³-hybridized carbons (Fsp3) is 0.875. The number of aliphatic hydroxyl groups excluding tert-OH is 3. The Morgan fingerprint density at radius 2 is 2.14 bits per heavy atom. The van der Waals surface area contributed by atoms with Gasteiger partial charge in [0.25, 0.3) is 0 Å². The van der Waals surface area contributed by atoms with Crippen LogP contribution in [0.3, 0.4) is 0 Å². The van der Waals surface area contributed by atoms with E-state index in [1.807, 2.05) is 0 Å². The van der Waals surface area contributed by atoms with Gasteiger partial charge in [-0.25, -0.2) is 0 Å². The van der Waals surface area contributed by atoms with Crippen molar-refractivity contribution < 1.29 is 30.0 Å². The summed E-state index contributed by atoms with van der Waals surface area (Å²) in [5.41, 5.74) is -2.08. The predicted molar refractivity (Wildman–Crippen MR) is 44.5 cm³/mol. The van der Waals surface area contributed by atoms with Gasteiger partial charge in [0.2, 0.25) is 0 Å². The molecule has 0 radical (unpaired) electrons. The highest BCUT2D eigenvalue weighted by Gasteiger charge is 2.51. The first kappa shape index (κ1) is 11.5. The maximum Gasteiger partial charge on any atom is 0.174 e. The number of Topliss-reactive ketones (excluding diaryl/α,β-unsaturated/α-hetero) is 1. The van der Waals surface area contributed by atoms with Crippen molar-refractivity contribution in [2.24, 2.45) is 0 Å². The van der Waals surface area contributed by atoms with Crippen molar-refractivity contribution in [3.63, 3.8) is 0 Å². The molecule has 14 heavy (non-hydrogen) atoms. The molecular weight excluding hydrogens is 192 g/mol. The highest BCUT2D eigenvalue weighted by Crippen LogP contribution is 2.24. The minimum Gasteiger partial charge on any atom is -0.394 e. The van der Waals surface area contributed by atoms with Crippen molar-refractivity contribution in [3.05, 3.63) is 0 Å². The second-order valence-corrected chi connectivity index (χ2v) is 3.45. The molecule has 1 aliphatic heterocycles. The zero-order valence-electron chi connectivity index (χ0n) is 7.75. The van der Waals surface area contributed by atoms with Gasteiger partial charge in [0.15, 0.2) is 11.4 Å². The van der Waals surface area contributed by atoms with E-state index in [2.05, 4.69) is 0 Å². The van der Waals surface area contributed by atoms with Gasteiger partial charge in [0.05, 0.1) is 13.2 Å². The number of rotatable bonds is 2. The van der Waals surface area contributed by atoms with Gasteiger partial charge in [-0.3, -0.25) is 4.79 Å². The molecule has 6 nitrogen and oxygen atoms in total. The number of hydrogen-bond acceptors (Lipinski definition) is 6. The lowest BCUT2D eigenvalue weighted by Crippen LogP contribution is -2.64. The summed E-state index contributed by atoms with van der Waals surface area (Å²) in [6.07, 6.45) is -4.07. The van der Waals surface area contributed by atoms with Gasteiger partial charge in [-0.2, -0.15) is 0 Å². The number of hydrogen-bond donors (Lipinski definition) is 4. The van der Waals surface area contributed by atoms with Gasteiger partial charge in [-0.15, -0.1) is 0 Å². The monoisotopic (exact) mass is 206 g/mol. The van der Waals surface area contributed by atoms with Gasteiger partial charge >= 0.3 is 0 Å². The summed E-state index contributed by atoms with van der Waals surface area (Å²) in [5.74, 6) is -0.680. The van der Waals surface area contributed by atoms with Crippen molar-refractivity contribution in [2.75, 3.05) is 13.2 Å². The van der Waals surface area contributed by atoms with Gasteiger partial charge in [-0.1, -0.05) is 0 Å². The van der Waals surface area contributed by atoms with E-state index in [0.29, 0.717) is 0 Å². The minimum atomic E-state index is -2.08. The molecule has 0 spiro atoms. The lowest BCUT2D eigenvalue weighted by molar-refractivity contribution is -0.233. The molecule has 0 amide bonds. The first-order chi connectivity index (χ1) is 6.43. The summed E-state index contributed by atoms with van der Waals surface area (Å²) in [5, 5.41) is 37.2. The van der Waals surface area contributed by atoms with Crippen LogP contribution in [0.1, 0.15) is 6.92 Å². The quantitative estimate of drug-likeness (QED) is 0.395. The van der Waals surface area contributed by atoms with Gasteiger partial charge in [-0.05, 0) is 6.92 Å². The minimum absolute atomic E-state index is 0.425. The Hall–Kier alpha value is -0.530. The van der Waals surface area contributed by atoms with E-state index in [1.54, 1.807) is 0 Å². The van der Waals surface area contributed by atoms with Crippen LogP contribution in [0.4, 0.5) is 0 Å². The molecular formula is C8H14O6. The molecule has 4 atom stereocenters. The molecule has 1 saturated heterocycles. The molecule has 82 valence electrons. The van der Waals surface area contributed by atoms with E-state index in [0.717, 1.165) is 6.92 Å². The second-order valence-electron chi connectivity index (χ2n) is 3.45. The first-order valence-corrected chi connectivity index (χ1v) is 4.25. The van der Waals surface area contributed by atoms with Crippen molar-refractivity contribution in [1.82, 2.24) is 0 Å². The van der Waals surface area contributed by atoms with E-state index in [4.69, 9.17) is 9.84 Å². The summed E-state index contributed by atoms with van der Waals surface area (Å²) >= 11 is 0. The molecule has 0 aromatic heterocycles. The third-order valence-corrected chi connectivity index (χ3v) is 2.50. The molecule has 0 unspecified atom stereocenters. The van der Waals surface area contributed by atoms with Crippen molar-refractivity contribution in [3.8, 4) is 0 Å². The molecule has 0 aromatic carbocycles. The number of aliphatic hydroxyl groups is 4. The van der Waals surface area contributed by atoms with E-state index >= 15 is 0 Å². The second kappa shape index (κ2) is 3.92. The standard InChI is InChI=1S/C8H14O6/c1-4(10)8(13)3-14-5(2-9)6(11)7(8)12/h5-7,9,11-13H,2-3H2,1H3/t5-,6-,7+,8-/m1/s1. The van der Waals surface area contributed by atoms with Crippen molar-refractivity contribution >= 4 is 5.78 Å². The molecule has 6 heteroatoms. The fourth-order valence-corrected chi connectivity index (χ4v) is 1.37. The molecule has 0 saturated carbocycles. The SMILES string of the molecule is CC(=O)[C@]1(O)CO[C@H](CO)[C@@H](O)[C@@H]1O. The van der Waals surface area contributed by atoms with Crippen LogP contribution in [0.25, 0.3) is 0 Å². The Kier molecular flexibility index (Phi) is 3.23. The highest BCUT2D eigenvalue weighted by molar-refractivity contribution is 5.85. The maximum absolute atomic E-state index is 11.0. The molecule has 1 fully saturated rings. The molecule has 0 bridgehead atoms. The van der Waals surface area contributed by atoms with Crippen LogP contribution in [0.2, 0.25) is 0 Å². The molecule has 1 aliphatic rings. The summed E-state index contributed by atoms with van der Waals surface area (Å²) in [4.78, 5) is 11.0. The Labute approximate surface area is 80.7 Å². The van der Waals surface area contributed by atoms with Crippen LogP contribution in [0.5, 0.6) is 0 Å². The lowest BCUT2D eigenvalue weighted by Gasteiger charge is -2.41. The number of carbonyl (C=O) groups excluding carboxylic acids is 1. The smallest absolute Gasteiger partial charge is 0.174 e. The van der Waals surface area contributed by atoms with Crippen LogP contribution in [-0.2, 0) is 9.53 Å². The fourth-order valence-electron chi connectivity index (χ4n) is 1.37. The summed E-state index contributed by atoms with van der Waals surface area (Å²) in [6.45, 7) is 0.191. The van der Waals surface area contributed by atoms with Crippen LogP contribution in [-0.4, -0.2) is 63.3 Å². The third kappa shape index (κ3) is 1.67. The first-order valence-electron chi connectivity index (χ1n) is 4.25. The predicted octanol–water partition coefficient (Wildman–Crippen LogP) is -2.58. The zero-order valence-corrected chi connectivity index (χ0v) is 7.75. The Morgan fingerprint density at radius 3 is 2.57 bits per heavy atom. The van der Waals surface area contributed by atoms with E-state index in [9.17, 15) is 20.1 Å².